The number of nitrogens with zero attached hydrogens (tertiary/aromatic N) is 6. The minimum atomic E-state index is -5.08. The molecule has 1 saturated heterocycles. The van der Waals surface area contributed by atoms with Gasteiger partial charge in [-0.1, -0.05) is 5.21 Å². The van der Waals surface area contributed by atoms with Gasteiger partial charge in [-0.05, 0) is 32.0 Å². The minimum Gasteiger partial charge on any atom is -0.475 e. The Morgan fingerprint density at radius 1 is 1.10 bits per heavy atom. The van der Waals surface area contributed by atoms with E-state index in [0.29, 0.717) is 6.04 Å². The fourth-order valence-corrected chi connectivity index (χ4v) is 4.05. The van der Waals surface area contributed by atoms with Gasteiger partial charge in [0.1, 0.15) is 0 Å². The number of nitrogens with one attached hydrogen (secondary N) is 1. The van der Waals surface area contributed by atoms with Crippen molar-refractivity contribution in [3.8, 4) is 5.13 Å². The van der Waals surface area contributed by atoms with Crippen LogP contribution in [0.2, 0.25) is 0 Å². The molecule has 1 aliphatic heterocycles. The number of alkyl halides is 6. The molecule has 39 heavy (non-hydrogen) atoms. The summed E-state index contributed by atoms with van der Waals surface area (Å²) in [7, 11) is 1.93. The van der Waals surface area contributed by atoms with E-state index in [1.165, 1.54) is 5.69 Å². The van der Waals surface area contributed by atoms with E-state index in [4.69, 9.17) is 19.8 Å². The first-order valence-electron chi connectivity index (χ1n) is 11.2. The molecular formula is C21H25F6N7O4S. The predicted octanol–water partition coefficient (Wildman–Crippen LogP) is 3.35. The van der Waals surface area contributed by atoms with Crippen molar-refractivity contribution in [2.75, 3.05) is 20.1 Å². The molecule has 1 aliphatic rings. The molecule has 0 spiro atoms. The van der Waals surface area contributed by atoms with Gasteiger partial charge in [-0.25, -0.2) is 19.3 Å². The van der Waals surface area contributed by atoms with Gasteiger partial charge < -0.3 is 15.5 Å². The van der Waals surface area contributed by atoms with Crippen molar-refractivity contribution in [1.29, 1.82) is 0 Å². The number of likely N-dealkylation sites (tertiary alicyclic amines) is 1. The van der Waals surface area contributed by atoms with E-state index in [0.717, 1.165) is 49.8 Å². The smallest absolute Gasteiger partial charge is 0.475 e. The molecule has 0 aliphatic carbocycles. The number of piperidine rings is 1. The molecule has 216 valence electrons. The first-order chi connectivity index (χ1) is 18.2. The molecule has 0 bridgehead atoms. The van der Waals surface area contributed by atoms with Crippen LogP contribution in [0.25, 0.3) is 5.13 Å². The number of aromatic nitrogens is 5. The Morgan fingerprint density at radius 2 is 1.69 bits per heavy atom. The summed E-state index contributed by atoms with van der Waals surface area (Å²) in [5, 5.41) is 29.0. The summed E-state index contributed by atoms with van der Waals surface area (Å²) in [5.41, 5.74) is 2.30. The van der Waals surface area contributed by atoms with Crippen LogP contribution in [-0.4, -0.2) is 84.1 Å². The van der Waals surface area contributed by atoms with Crippen molar-refractivity contribution in [2.45, 2.75) is 44.3 Å². The number of carboxylic acids is 2. The van der Waals surface area contributed by atoms with E-state index in [-0.39, 0.29) is 0 Å². The third-order valence-electron chi connectivity index (χ3n) is 5.18. The molecule has 4 heterocycles. The average Bonchev–Trinajstić information content (AvgIpc) is 3.62. The molecule has 3 N–H and O–H groups in total. The molecule has 0 saturated carbocycles. The van der Waals surface area contributed by atoms with E-state index < -0.39 is 24.3 Å². The summed E-state index contributed by atoms with van der Waals surface area (Å²) < 4.78 is 67.7. The van der Waals surface area contributed by atoms with Gasteiger partial charge in [0, 0.05) is 49.6 Å². The number of aliphatic carboxylic acids is 2. The van der Waals surface area contributed by atoms with Crippen molar-refractivity contribution in [3.63, 3.8) is 0 Å². The summed E-state index contributed by atoms with van der Waals surface area (Å²) in [4.78, 5) is 24.7. The topological polar surface area (TPSA) is 138 Å². The lowest BCUT2D eigenvalue weighted by molar-refractivity contribution is -0.193. The largest absolute Gasteiger partial charge is 0.490 e. The number of hydrogen-bond donors (Lipinski definition) is 3. The van der Waals surface area contributed by atoms with Crippen LogP contribution in [0.5, 0.6) is 0 Å². The van der Waals surface area contributed by atoms with E-state index in [1.807, 2.05) is 23.3 Å². The molecule has 3 aromatic rings. The van der Waals surface area contributed by atoms with Crippen molar-refractivity contribution >= 4 is 23.3 Å². The molecule has 18 heteroatoms. The Bertz CT molecular complexity index is 1150. The number of rotatable bonds is 6. The van der Waals surface area contributed by atoms with Gasteiger partial charge in [0.25, 0.3) is 0 Å². The molecule has 0 atom stereocenters. The standard InChI is InChI=1S/C17H23N7S.2C2HF3O2/c1-18-11-14-12-24(21-20-14)15-4-8-22(9-5-15)13-16-3-2-7-23(16)17-19-6-10-25-17;2*3-2(4,5)1(6)7/h2-3,6-7,10,12,15,18H,4-5,8-9,11,13H2,1H3;2*(H,6,7). The number of halogens is 6. The van der Waals surface area contributed by atoms with Crippen LogP contribution in [-0.2, 0) is 22.7 Å². The molecule has 3 aromatic heterocycles. The zero-order valence-electron chi connectivity index (χ0n) is 20.4. The van der Waals surface area contributed by atoms with Crippen LogP contribution < -0.4 is 5.32 Å². The summed E-state index contributed by atoms with van der Waals surface area (Å²) in [6.07, 6.45) is -1.92. The van der Waals surface area contributed by atoms with Crippen molar-refractivity contribution < 1.29 is 46.1 Å². The van der Waals surface area contributed by atoms with Crippen LogP contribution >= 0.6 is 11.3 Å². The fourth-order valence-electron chi connectivity index (χ4n) is 3.39. The lowest BCUT2D eigenvalue weighted by atomic mass is 10.1. The summed E-state index contributed by atoms with van der Waals surface area (Å²) in [6, 6.07) is 4.75. The second kappa shape index (κ2) is 14.0. The molecule has 11 nitrogen and oxygen atoms in total. The first kappa shape index (κ1) is 31.7. The molecule has 0 unspecified atom stereocenters. The zero-order chi connectivity index (χ0) is 29.2. The van der Waals surface area contributed by atoms with Crippen molar-refractivity contribution in [2.24, 2.45) is 0 Å². The number of carbonyl (C=O) groups is 2. The van der Waals surface area contributed by atoms with Gasteiger partial charge in [-0.15, -0.1) is 16.4 Å². The summed E-state index contributed by atoms with van der Waals surface area (Å²) >= 11 is 1.67. The van der Waals surface area contributed by atoms with Gasteiger partial charge in [-0.2, -0.15) is 26.3 Å². The van der Waals surface area contributed by atoms with Crippen molar-refractivity contribution in [3.05, 3.63) is 47.5 Å². The molecular weight excluding hydrogens is 560 g/mol. The Morgan fingerprint density at radius 3 is 2.18 bits per heavy atom. The van der Waals surface area contributed by atoms with Crippen LogP contribution in [0, 0.1) is 0 Å². The van der Waals surface area contributed by atoms with E-state index in [1.54, 1.807) is 11.3 Å². The Labute approximate surface area is 221 Å². The third-order valence-corrected chi connectivity index (χ3v) is 5.95. The maximum atomic E-state index is 10.6. The lowest BCUT2D eigenvalue weighted by Crippen LogP contribution is -2.34. The van der Waals surface area contributed by atoms with Gasteiger partial charge in [0.2, 0.25) is 0 Å². The molecule has 1 fully saturated rings. The minimum absolute atomic E-state index is 0.458. The molecule has 0 radical (unpaired) electrons. The summed E-state index contributed by atoms with van der Waals surface area (Å²) in [5.74, 6) is -5.51. The van der Waals surface area contributed by atoms with E-state index in [2.05, 4.69) is 54.6 Å². The predicted molar refractivity (Wildman–Crippen MR) is 125 cm³/mol. The Kier molecular flexibility index (Phi) is 11.4. The number of hydrogen-bond acceptors (Lipinski definition) is 8. The van der Waals surface area contributed by atoms with Crippen LogP contribution in [0.15, 0.2) is 36.1 Å². The van der Waals surface area contributed by atoms with Gasteiger partial charge in [-0.3, -0.25) is 9.47 Å². The van der Waals surface area contributed by atoms with E-state index in [9.17, 15) is 26.3 Å². The van der Waals surface area contributed by atoms with Crippen LogP contribution in [0.4, 0.5) is 26.3 Å². The number of carboxylic acid groups (broad SMARTS) is 2. The van der Waals surface area contributed by atoms with Crippen molar-refractivity contribution in [1.82, 2.24) is 34.8 Å². The Hall–Kier alpha value is -3.51. The maximum Gasteiger partial charge on any atom is 0.490 e. The highest BCUT2D eigenvalue weighted by atomic mass is 32.1. The molecule has 4 rings (SSSR count). The molecule has 0 amide bonds. The normalized spacial score (nSPS) is 14.6. The molecule has 0 aromatic carbocycles. The highest BCUT2D eigenvalue weighted by Gasteiger charge is 2.38. The first-order valence-corrected chi connectivity index (χ1v) is 12.0. The highest BCUT2D eigenvalue weighted by Crippen LogP contribution is 2.24. The maximum absolute atomic E-state index is 10.6. The van der Waals surface area contributed by atoms with Gasteiger partial charge in [0.15, 0.2) is 5.13 Å². The summed E-state index contributed by atoms with van der Waals surface area (Å²) in [6.45, 7) is 3.89. The van der Waals surface area contributed by atoms with E-state index >= 15 is 0 Å². The average molecular weight is 586 g/mol. The Balaban J connectivity index is 0.000000317. The fraction of sp³-hybridized carbons (Fsp3) is 0.476. The monoisotopic (exact) mass is 585 g/mol. The lowest BCUT2D eigenvalue weighted by Gasteiger charge is -2.31. The van der Waals surface area contributed by atoms with Crippen LogP contribution in [0.1, 0.15) is 30.3 Å². The quantitative estimate of drug-likeness (QED) is 0.372. The third kappa shape index (κ3) is 10.3. The number of thiazole rings is 1. The second-order valence-corrected chi connectivity index (χ2v) is 8.89. The second-order valence-electron chi connectivity index (χ2n) is 8.02. The van der Waals surface area contributed by atoms with Crippen LogP contribution in [0.3, 0.4) is 0 Å². The van der Waals surface area contributed by atoms with Gasteiger partial charge in [0.05, 0.1) is 17.9 Å². The highest BCUT2D eigenvalue weighted by molar-refractivity contribution is 7.12. The zero-order valence-corrected chi connectivity index (χ0v) is 21.2. The van der Waals surface area contributed by atoms with Gasteiger partial charge >= 0.3 is 24.3 Å². The SMILES string of the molecule is CNCc1cn(C2CCN(Cc3cccn3-c3nccs3)CC2)nn1.O=C(O)C(F)(F)F.O=C(O)C(F)(F)F.